The van der Waals surface area contributed by atoms with Gasteiger partial charge in [-0.15, -0.1) is 13.2 Å². The minimum absolute atomic E-state index is 0.0425. The lowest BCUT2D eigenvalue weighted by Crippen LogP contribution is -2.43. The smallest absolute Gasteiger partial charge is 0.226 e. The zero-order valence-corrected chi connectivity index (χ0v) is 11.5. The Kier molecular flexibility index (Phi) is 6.73. The van der Waals surface area contributed by atoms with Crippen LogP contribution >= 0.6 is 0 Å². The molecular formula is C15H26N2O. The summed E-state index contributed by atoms with van der Waals surface area (Å²) in [6, 6.07) is 0. The monoisotopic (exact) mass is 250 g/mol. The van der Waals surface area contributed by atoms with Crippen molar-refractivity contribution in [1.29, 1.82) is 0 Å². The lowest BCUT2D eigenvalue weighted by Gasteiger charge is -2.34. The summed E-state index contributed by atoms with van der Waals surface area (Å²) in [5.74, 6) is 1.04. The number of nitrogens with one attached hydrogen (secondary N) is 1. The topological polar surface area (TPSA) is 32.3 Å². The van der Waals surface area contributed by atoms with Crippen molar-refractivity contribution in [3.8, 4) is 0 Å². The summed E-state index contributed by atoms with van der Waals surface area (Å²) >= 11 is 0. The Morgan fingerprint density at radius 3 is 2.33 bits per heavy atom. The highest BCUT2D eigenvalue weighted by Gasteiger charge is 2.26. The normalized spacial score (nSPS) is 16.9. The van der Waals surface area contributed by atoms with Crippen LogP contribution in [0.4, 0.5) is 0 Å². The zero-order chi connectivity index (χ0) is 13.4. The molecule has 0 bridgehead atoms. The highest BCUT2D eigenvalue weighted by atomic mass is 16.2. The molecule has 1 heterocycles. The molecule has 0 aromatic heterocycles. The van der Waals surface area contributed by atoms with Crippen LogP contribution in [0.1, 0.15) is 25.7 Å². The second-order valence-electron chi connectivity index (χ2n) is 5.07. The third-order valence-electron chi connectivity index (χ3n) is 3.67. The molecule has 18 heavy (non-hydrogen) atoms. The van der Waals surface area contributed by atoms with E-state index in [9.17, 15) is 4.79 Å². The fourth-order valence-corrected chi connectivity index (χ4v) is 2.60. The molecule has 0 unspecified atom stereocenters. The molecule has 1 aliphatic rings. The summed E-state index contributed by atoms with van der Waals surface area (Å²) in [5, 5.41) is 3.21. The molecule has 0 aromatic carbocycles. The van der Waals surface area contributed by atoms with Gasteiger partial charge in [0, 0.05) is 19.0 Å². The van der Waals surface area contributed by atoms with Crippen molar-refractivity contribution < 1.29 is 4.79 Å². The number of piperidine rings is 1. The molecule has 1 aliphatic heterocycles. The Morgan fingerprint density at radius 2 is 1.89 bits per heavy atom. The van der Waals surface area contributed by atoms with Gasteiger partial charge >= 0.3 is 0 Å². The summed E-state index contributed by atoms with van der Waals surface area (Å²) < 4.78 is 0. The van der Waals surface area contributed by atoms with Gasteiger partial charge in [-0.05, 0) is 45.2 Å². The van der Waals surface area contributed by atoms with Crippen LogP contribution < -0.4 is 5.32 Å². The Bertz CT molecular complexity index is 270. The van der Waals surface area contributed by atoms with E-state index in [-0.39, 0.29) is 11.8 Å². The van der Waals surface area contributed by atoms with E-state index in [4.69, 9.17) is 0 Å². The third kappa shape index (κ3) is 4.30. The van der Waals surface area contributed by atoms with Crippen LogP contribution in [0.2, 0.25) is 0 Å². The maximum absolute atomic E-state index is 12.4. The molecule has 3 heteroatoms. The molecule has 102 valence electrons. The number of carbonyl (C=O) groups excluding carboxylic acids is 1. The highest BCUT2D eigenvalue weighted by molar-refractivity contribution is 5.79. The fraction of sp³-hybridized carbons (Fsp3) is 0.667. The van der Waals surface area contributed by atoms with Crippen LogP contribution in [0.3, 0.4) is 0 Å². The van der Waals surface area contributed by atoms with Gasteiger partial charge in [-0.1, -0.05) is 12.2 Å². The molecule has 1 rings (SSSR count). The van der Waals surface area contributed by atoms with Crippen LogP contribution in [0.5, 0.6) is 0 Å². The van der Waals surface area contributed by atoms with Crippen LogP contribution in [0.15, 0.2) is 25.3 Å². The molecule has 0 aromatic rings. The molecule has 1 amide bonds. The van der Waals surface area contributed by atoms with E-state index >= 15 is 0 Å². The Morgan fingerprint density at radius 1 is 1.33 bits per heavy atom. The minimum Gasteiger partial charge on any atom is -0.342 e. The van der Waals surface area contributed by atoms with E-state index in [2.05, 4.69) is 18.5 Å². The largest absolute Gasteiger partial charge is 0.342 e. The fourth-order valence-electron chi connectivity index (χ4n) is 2.60. The molecule has 0 spiro atoms. The average Bonchev–Trinajstić information content (AvgIpc) is 2.39. The van der Waals surface area contributed by atoms with Crippen LogP contribution in [-0.2, 0) is 4.79 Å². The first-order valence-corrected chi connectivity index (χ1v) is 6.88. The van der Waals surface area contributed by atoms with E-state index in [1.54, 1.807) is 0 Å². The number of hydrogen-bond acceptors (Lipinski definition) is 2. The standard InChI is InChI=1S/C15H26N2O/c1-4-6-14(7-5-2)15(18)17-10-8-13(9-11-17)12-16-3/h4-5,13-14,16H,1-2,6-12H2,3H3. The number of nitrogens with zero attached hydrogens (tertiary/aromatic N) is 1. The number of allylic oxidation sites excluding steroid dienone is 2. The van der Waals surface area contributed by atoms with E-state index < -0.39 is 0 Å². The second-order valence-corrected chi connectivity index (χ2v) is 5.07. The average molecular weight is 250 g/mol. The van der Waals surface area contributed by atoms with Gasteiger partial charge in [0.25, 0.3) is 0 Å². The van der Waals surface area contributed by atoms with Crippen molar-refractivity contribution in [1.82, 2.24) is 10.2 Å². The van der Waals surface area contributed by atoms with Crippen molar-refractivity contribution >= 4 is 5.91 Å². The van der Waals surface area contributed by atoms with Gasteiger partial charge < -0.3 is 10.2 Å². The quantitative estimate of drug-likeness (QED) is 0.703. The predicted octanol–water partition coefficient (Wildman–Crippen LogP) is 2.21. The van der Waals surface area contributed by atoms with E-state index in [1.807, 2.05) is 24.1 Å². The lowest BCUT2D eigenvalue weighted by atomic mass is 9.94. The first-order valence-electron chi connectivity index (χ1n) is 6.88. The first-order chi connectivity index (χ1) is 8.72. The van der Waals surface area contributed by atoms with Gasteiger partial charge in [0.1, 0.15) is 0 Å². The predicted molar refractivity (Wildman–Crippen MR) is 76.3 cm³/mol. The lowest BCUT2D eigenvalue weighted by molar-refractivity contribution is -0.136. The maximum atomic E-state index is 12.4. The molecule has 0 aliphatic carbocycles. The Labute approximate surface area is 111 Å². The molecule has 1 saturated heterocycles. The second kappa shape index (κ2) is 8.09. The number of hydrogen-bond donors (Lipinski definition) is 1. The van der Waals surface area contributed by atoms with Gasteiger partial charge in [-0.2, -0.15) is 0 Å². The summed E-state index contributed by atoms with van der Waals surface area (Å²) in [7, 11) is 1.99. The molecule has 0 radical (unpaired) electrons. The zero-order valence-electron chi connectivity index (χ0n) is 11.5. The summed E-state index contributed by atoms with van der Waals surface area (Å²) in [6.45, 7) is 10.3. The van der Waals surface area contributed by atoms with Crippen LogP contribution in [0.25, 0.3) is 0 Å². The summed E-state index contributed by atoms with van der Waals surface area (Å²) in [6.07, 6.45) is 7.39. The van der Waals surface area contributed by atoms with E-state index in [0.29, 0.717) is 0 Å². The molecule has 0 atom stereocenters. The van der Waals surface area contributed by atoms with Crippen LogP contribution in [-0.4, -0.2) is 37.5 Å². The maximum Gasteiger partial charge on any atom is 0.226 e. The van der Waals surface area contributed by atoms with Crippen molar-refractivity contribution in [3.05, 3.63) is 25.3 Å². The Hall–Kier alpha value is -1.09. The Balaban J connectivity index is 2.46. The van der Waals surface area contributed by atoms with Crippen LogP contribution in [0, 0.1) is 11.8 Å². The number of carbonyl (C=O) groups is 1. The third-order valence-corrected chi connectivity index (χ3v) is 3.67. The van der Waals surface area contributed by atoms with Crippen molar-refractivity contribution in [2.45, 2.75) is 25.7 Å². The van der Waals surface area contributed by atoms with E-state index in [0.717, 1.165) is 51.2 Å². The molecule has 1 fully saturated rings. The van der Waals surface area contributed by atoms with E-state index in [1.165, 1.54) is 0 Å². The van der Waals surface area contributed by atoms with Gasteiger partial charge in [-0.25, -0.2) is 0 Å². The minimum atomic E-state index is 0.0425. The van der Waals surface area contributed by atoms with Crippen molar-refractivity contribution in [2.24, 2.45) is 11.8 Å². The molecule has 1 N–H and O–H groups in total. The van der Waals surface area contributed by atoms with Crippen molar-refractivity contribution in [2.75, 3.05) is 26.7 Å². The number of amides is 1. The molecule has 0 saturated carbocycles. The van der Waals surface area contributed by atoms with Crippen molar-refractivity contribution in [3.63, 3.8) is 0 Å². The van der Waals surface area contributed by atoms with Gasteiger partial charge in [0.15, 0.2) is 0 Å². The van der Waals surface area contributed by atoms with Gasteiger partial charge in [0.05, 0.1) is 0 Å². The number of rotatable bonds is 7. The molecule has 3 nitrogen and oxygen atoms in total. The van der Waals surface area contributed by atoms with Gasteiger partial charge in [0.2, 0.25) is 5.91 Å². The summed E-state index contributed by atoms with van der Waals surface area (Å²) in [5.41, 5.74) is 0. The SMILES string of the molecule is C=CCC(CC=C)C(=O)N1CCC(CNC)CC1. The summed E-state index contributed by atoms with van der Waals surface area (Å²) in [4.78, 5) is 14.4. The highest BCUT2D eigenvalue weighted by Crippen LogP contribution is 2.21. The van der Waals surface area contributed by atoms with Gasteiger partial charge in [-0.3, -0.25) is 4.79 Å². The first kappa shape index (κ1) is 15.0. The molecular weight excluding hydrogens is 224 g/mol. The number of likely N-dealkylation sites (tertiary alicyclic amines) is 1.